The van der Waals surface area contributed by atoms with E-state index in [1.807, 2.05) is 0 Å². The first-order valence-electron chi connectivity index (χ1n) is 7.73. The lowest BCUT2D eigenvalue weighted by Gasteiger charge is -2.35. The molecule has 142 valence electrons. The summed E-state index contributed by atoms with van der Waals surface area (Å²) < 4.78 is 33.7. The number of rotatable bonds is 6. The summed E-state index contributed by atoms with van der Waals surface area (Å²) in [6.45, 7) is 1.29. The number of nitrogens with one attached hydrogen (secondary N) is 4. The fourth-order valence-electron chi connectivity index (χ4n) is 2.81. The largest absolute Gasteiger partial charge is 0.413 e. The second-order valence-corrected chi connectivity index (χ2v) is 6.91. The van der Waals surface area contributed by atoms with Crippen molar-refractivity contribution in [1.82, 2.24) is 26.5 Å². The molecule has 0 aromatic heterocycles. The van der Waals surface area contributed by atoms with Gasteiger partial charge < -0.3 is 10.2 Å². The van der Waals surface area contributed by atoms with E-state index in [4.69, 9.17) is 4.55 Å². The van der Waals surface area contributed by atoms with Gasteiger partial charge in [-0.05, 0) is 25.8 Å². The zero-order valence-electron chi connectivity index (χ0n) is 13.3. The third-order valence-corrected chi connectivity index (χ3v) is 4.43. The molecule has 0 aromatic rings. The summed E-state index contributed by atoms with van der Waals surface area (Å²) in [4.78, 5) is 36.4. The molecule has 0 radical (unpaired) electrons. The van der Waals surface area contributed by atoms with Crippen molar-refractivity contribution in [2.75, 3.05) is 19.6 Å². The Morgan fingerprint density at radius 3 is 2.52 bits per heavy atom. The molecule has 12 nitrogen and oxygen atoms in total. The number of carbonyl (C=O) groups excluding carboxylic acids is 3. The normalized spacial score (nSPS) is 26.9. The van der Waals surface area contributed by atoms with Crippen LogP contribution < -0.4 is 21.6 Å². The van der Waals surface area contributed by atoms with Gasteiger partial charge in [0, 0.05) is 13.1 Å². The average Bonchev–Trinajstić information content (AvgIpc) is 3.11. The Balaban J connectivity index is 1.81. The lowest BCUT2D eigenvalue weighted by molar-refractivity contribution is -0.138. The van der Waals surface area contributed by atoms with Gasteiger partial charge in [0.25, 0.3) is 5.91 Å². The minimum atomic E-state index is -4.65. The molecule has 13 heteroatoms. The summed E-state index contributed by atoms with van der Waals surface area (Å²) in [6.07, 6.45) is 1.68. The molecule has 0 aromatic carbocycles. The van der Waals surface area contributed by atoms with Gasteiger partial charge in [-0.25, -0.2) is 0 Å². The molecule has 0 aliphatic carbocycles. The Morgan fingerprint density at radius 2 is 1.92 bits per heavy atom. The van der Waals surface area contributed by atoms with E-state index in [0.29, 0.717) is 25.8 Å². The van der Waals surface area contributed by atoms with E-state index >= 15 is 0 Å². The molecule has 3 atom stereocenters. The van der Waals surface area contributed by atoms with E-state index in [9.17, 15) is 22.8 Å². The van der Waals surface area contributed by atoms with Crippen LogP contribution in [0.3, 0.4) is 0 Å². The number of hydrogen-bond donors (Lipinski definition) is 5. The fourth-order valence-corrected chi connectivity index (χ4v) is 3.07. The van der Waals surface area contributed by atoms with Crippen LogP contribution in [0.1, 0.15) is 19.3 Å². The molecule has 3 amide bonds. The van der Waals surface area contributed by atoms with E-state index in [2.05, 4.69) is 25.9 Å². The maximum absolute atomic E-state index is 12.2. The number of likely N-dealkylation sites (tertiary alicyclic amines) is 1. The highest BCUT2D eigenvalue weighted by Gasteiger charge is 2.33. The van der Waals surface area contributed by atoms with Gasteiger partial charge in [-0.15, -0.1) is 0 Å². The van der Waals surface area contributed by atoms with Crippen molar-refractivity contribution in [2.45, 2.75) is 31.3 Å². The predicted molar refractivity (Wildman–Crippen MR) is 82.6 cm³/mol. The topological polar surface area (TPSA) is 166 Å². The second kappa shape index (κ2) is 8.53. The molecule has 0 spiro atoms. The number of nitrogens with zero attached hydrogens (tertiary/aromatic N) is 1. The van der Waals surface area contributed by atoms with Crippen molar-refractivity contribution < 1.29 is 31.6 Å². The number of piperidine rings is 1. The smallest absolute Gasteiger partial charge is 0.332 e. The summed E-state index contributed by atoms with van der Waals surface area (Å²) in [7, 11) is -4.65. The quantitative estimate of drug-likeness (QED) is 0.184. The molecular weight excluding hydrogens is 358 g/mol. The Hall–Kier alpha value is -1.80. The van der Waals surface area contributed by atoms with Crippen molar-refractivity contribution in [3.8, 4) is 0 Å². The molecular formula is C12H21N5O7S. The number of hydroxylamine groups is 1. The number of carbonyl (C=O) groups is 3. The van der Waals surface area contributed by atoms with Crippen LogP contribution in [0.4, 0.5) is 0 Å². The summed E-state index contributed by atoms with van der Waals surface area (Å²) >= 11 is 0. The van der Waals surface area contributed by atoms with Crippen molar-refractivity contribution in [3.05, 3.63) is 0 Å². The lowest BCUT2D eigenvalue weighted by atomic mass is 9.99. The van der Waals surface area contributed by atoms with E-state index in [1.165, 1.54) is 0 Å². The van der Waals surface area contributed by atoms with Gasteiger partial charge in [-0.1, -0.05) is 0 Å². The van der Waals surface area contributed by atoms with Gasteiger partial charge in [0.1, 0.15) is 6.04 Å². The van der Waals surface area contributed by atoms with Crippen molar-refractivity contribution in [1.29, 1.82) is 0 Å². The second-order valence-electron chi connectivity index (χ2n) is 5.89. The molecule has 0 unspecified atom stereocenters. The van der Waals surface area contributed by atoms with Crippen LogP contribution in [0.25, 0.3) is 0 Å². The lowest BCUT2D eigenvalue weighted by Crippen LogP contribution is -2.58. The fraction of sp³-hybridized carbons (Fsp3) is 0.750. The van der Waals surface area contributed by atoms with Crippen LogP contribution in [-0.4, -0.2) is 67.8 Å². The molecule has 2 heterocycles. The van der Waals surface area contributed by atoms with Crippen LogP contribution in [0.5, 0.6) is 0 Å². The number of amides is 3. The Morgan fingerprint density at radius 1 is 1.20 bits per heavy atom. The highest BCUT2D eigenvalue weighted by Crippen LogP contribution is 2.16. The standard InChI is InChI=1S/C12H21N5O7S/c18-7-17-6-9(16-24-25(21,22)23)1-2-10(17)12(20)15-14-11(19)8-3-4-13-5-8/h7-10,13,16H,1-6H2,(H,14,19)(H,15,20)(H,21,22,23)/t8-,9-,10+/m1/s1. The Kier molecular flexibility index (Phi) is 6.66. The van der Waals surface area contributed by atoms with Crippen LogP contribution in [0.2, 0.25) is 0 Å². The summed E-state index contributed by atoms with van der Waals surface area (Å²) in [6, 6.07) is -1.38. The van der Waals surface area contributed by atoms with Crippen LogP contribution >= 0.6 is 0 Å². The van der Waals surface area contributed by atoms with Crippen LogP contribution in [0, 0.1) is 5.92 Å². The van der Waals surface area contributed by atoms with Gasteiger partial charge in [0.2, 0.25) is 12.3 Å². The third kappa shape index (κ3) is 5.89. The number of hydrazine groups is 1. The first-order chi connectivity index (χ1) is 11.8. The van der Waals surface area contributed by atoms with Crippen molar-refractivity contribution >= 4 is 28.6 Å². The Bertz CT molecular complexity index is 607. The highest BCUT2D eigenvalue weighted by atomic mass is 32.3. The molecule has 5 N–H and O–H groups in total. The molecule has 2 saturated heterocycles. The van der Waals surface area contributed by atoms with E-state index in [-0.39, 0.29) is 24.8 Å². The first-order valence-corrected chi connectivity index (χ1v) is 9.09. The van der Waals surface area contributed by atoms with Gasteiger partial charge in [0.05, 0.1) is 12.0 Å². The monoisotopic (exact) mass is 379 g/mol. The molecule has 2 aliphatic heterocycles. The summed E-state index contributed by atoms with van der Waals surface area (Å²) in [5.74, 6) is -1.05. The maximum Gasteiger partial charge on any atom is 0.413 e. The predicted octanol–water partition coefficient (Wildman–Crippen LogP) is -2.94. The first kappa shape index (κ1) is 19.5. The van der Waals surface area contributed by atoms with E-state index < -0.39 is 28.4 Å². The van der Waals surface area contributed by atoms with Crippen LogP contribution in [-0.2, 0) is 29.1 Å². The SMILES string of the molecule is O=CN1C[C@H](NOS(=O)(=O)O)CC[C@H]1C(=O)NNC(=O)[C@@H]1CCNC1. The van der Waals surface area contributed by atoms with Crippen LogP contribution in [0.15, 0.2) is 0 Å². The zero-order chi connectivity index (χ0) is 18.4. The molecule has 2 aliphatic rings. The van der Waals surface area contributed by atoms with E-state index in [1.54, 1.807) is 0 Å². The molecule has 2 rings (SSSR count). The van der Waals surface area contributed by atoms with Gasteiger partial charge in [-0.3, -0.25) is 29.8 Å². The number of hydrogen-bond acceptors (Lipinski definition) is 8. The van der Waals surface area contributed by atoms with Gasteiger partial charge >= 0.3 is 10.4 Å². The average molecular weight is 379 g/mol. The van der Waals surface area contributed by atoms with E-state index in [0.717, 1.165) is 11.4 Å². The van der Waals surface area contributed by atoms with Gasteiger partial charge in [0.15, 0.2) is 0 Å². The minimum Gasteiger partial charge on any atom is -0.332 e. The summed E-state index contributed by atoms with van der Waals surface area (Å²) in [5, 5.41) is 3.04. The highest BCUT2D eigenvalue weighted by molar-refractivity contribution is 7.80. The molecule has 25 heavy (non-hydrogen) atoms. The zero-order valence-corrected chi connectivity index (χ0v) is 14.1. The van der Waals surface area contributed by atoms with Crippen molar-refractivity contribution in [3.63, 3.8) is 0 Å². The molecule has 0 saturated carbocycles. The molecule has 2 fully saturated rings. The summed E-state index contributed by atoms with van der Waals surface area (Å²) in [5.41, 5.74) is 6.78. The van der Waals surface area contributed by atoms with Crippen molar-refractivity contribution in [2.24, 2.45) is 5.92 Å². The molecule has 0 bridgehead atoms. The van der Waals surface area contributed by atoms with Gasteiger partial charge in [-0.2, -0.15) is 18.2 Å². The Labute approximate surface area is 144 Å². The maximum atomic E-state index is 12.2. The minimum absolute atomic E-state index is 0.00238. The third-order valence-electron chi connectivity index (χ3n) is 4.12.